The number of benzene rings is 1. The van der Waals surface area contributed by atoms with Gasteiger partial charge < -0.3 is 15.4 Å². The second-order valence-electron chi connectivity index (χ2n) is 7.11. The Labute approximate surface area is 152 Å². The zero-order chi connectivity index (χ0) is 18.3. The predicted octanol–water partition coefficient (Wildman–Crippen LogP) is 3.71. The van der Waals surface area contributed by atoms with Crippen LogP contribution in [-0.2, 0) is 28.9 Å². The van der Waals surface area contributed by atoms with Crippen molar-refractivity contribution in [3.05, 3.63) is 51.8 Å². The zero-order valence-electron chi connectivity index (χ0n) is 14.8. The van der Waals surface area contributed by atoms with E-state index in [-0.39, 0.29) is 12.3 Å². The Morgan fingerprint density at radius 1 is 1.27 bits per heavy atom. The standard InChI is InChI=1S/C21H22N2O3/c1-12-13(7-9-19(24)25)6-8-18-20(12)16(21(26)23-18)11-15-10-14-4-2-3-5-17(14)22-15/h6,8,10-11,22H,2-5,7,9H2,1H3,(H,23,26)(H,24,25). The molecule has 3 N–H and O–H groups in total. The average Bonchev–Trinajstić information content (AvgIpc) is 3.15. The van der Waals surface area contributed by atoms with Crippen LogP contribution in [-0.4, -0.2) is 22.0 Å². The van der Waals surface area contributed by atoms with E-state index in [1.165, 1.54) is 24.1 Å². The first kappa shape index (κ1) is 16.6. The van der Waals surface area contributed by atoms with Gasteiger partial charge in [-0.15, -0.1) is 0 Å². The lowest BCUT2D eigenvalue weighted by Crippen LogP contribution is -2.03. The van der Waals surface area contributed by atoms with Gasteiger partial charge in [-0.05, 0) is 73.9 Å². The second kappa shape index (κ2) is 6.48. The van der Waals surface area contributed by atoms with Gasteiger partial charge in [0.2, 0.25) is 0 Å². The van der Waals surface area contributed by atoms with E-state index in [1.807, 2.05) is 25.1 Å². The Morgan fingerprint density at radius 3 is 2.85 bits per heavy atom. The normalized spacial score (nSPS) is 17.1. The van der Waals surface area contributed by atoms with Crippen LogP contribution in [0.15, 0.2) is 18.2 Å². The molecular formula is C21H22N2O3. The Morgan fingerprint density at radius 2 is 2.08 bits per heavy atom. The number of aromatic amines is 1. The lowest BCUT2D eigenvalue weighted by Gasteiger charge is -2.10. The molecule has 0 saturated heterocycles. The van der Waals surface area contributed by atoms with Gasteiger partial charge in [-0.2, -0.15) is 0 Å². The third-order valence-electron chi connectivity index (χ3n) is 5.38. The smallest absolute Gasteiger partial charge is 0.303 e. The van der Waals surface area contributed by atoms with Crippen molar-refractivity contribution in [1.82, 2.24) is 4.98 Å². The van der Waals surface area contributed by atoms with Gasteiger partial charge in [0.15, 0.2) is 0 Å². The van der Waals surface area contributed by atoms with Crippen molar-refractivity contribution < 1.29 is 14.7 Å². The van der Waals surface area contributed by atoms with Gasteiger partial charge in [0, 0.05) is 29.1 Å². The SMILES string of the molecule is Cc1c(CCC(=O)O)ccc2c1C(=Cc1cc3c([nH]1)CCCC3)C(=O)N2. The van der Waals surface area contributed by atoms with Crippen molar-refractivity contribution >= 4 is 29.2 Å². The molecular weight excluding hydrogens is 328 g/mol. The summed E-state index contributed by atoms with van der Waals surface area (Å²) >= 11 is 0. The summed E-state index contributed by atoms with van der Waals surface area (Å²) in [4.78, 5) is 26.9. The maximum absolute atomic E-state index is 12.5. The summed E-state index contributed by atoms with van der Waals surface area (Å²) in [7, 11) is 0. The highest BCUT2D eigenvalue weighted by molar-refractivity contribution is 6.35. The van der Waals surface area contributed by atoms with Gasteiger partial charge in [0.1, 0.15) is 0 Å². The van der Waals surface area contributed by atoms with Crippen LogP contribution in [0.5, 0.6) is 0 Å². The number of carboxylic acids is 1. The molecule has 134 valence electrons. The van der Waals surface area contributed by atoms with Crippen LogP contribution in [0.1, 0.15) is 52.9 Å². The van der Waals surface area contributed by atoms with Crippen LogP contribution in [0.25, 0.3) is 11.6 Å². The van der Waals surface area contributed by atoms with Crippen LogP contribution in [0.4, 0.5) is 5.69 Å². The number of aryl methyl sites for hydroxylation is 3. The van der Waals surface area contributed by atoms with Gasteiger partial charge in [-0.25, -0.2) is 0 Å². The topological polar surface area (TPSA) is 82.2 Å². The third kappa shape index (κ3) is 2.94. The summed E-state index contributed by atoms with van der Waals surface area (Å²) in [6.45, 7) is 1.96. The van der Waals surface area contributed by atoms with E-state index >= 15 is 0 Å². The van der Waals surface area contributed by atoms with Crippen molar-refractivity contribution in [3.63, 3.8) is 0 Å². The van der Waals surface area contributed by atoms with E-state index in [2.05, 4.69) is 16.4 Å². The minimum Gasteiger partial charge on any atom is -0.481 e. The molecule has 0 spiro atoms. The molecule has 0 radical (unpaired) electrons. The lowest BCUT2D eigenvalue weighted by molar-refractivity contribution is -0.137. The molecule has 1 aliphatic heterocycles. The van der Waals surface area contributed by atoms with E-state index < -0.39 is 5.97 Å². The van der Waals surface area contributed by atoms with Crippen molar-refractivity contribution in [3.8, 4) is 0 Å². The second-order valence-corrected chi connectivity index (χ2v) is 7.11. The van der Waals surface area contributed by atoms with E-state index in [1.54, 1.807) is 0 Å². The Bertz CT molecular complexity index is 913. The molecule has 1 aliphatic carbocycles. The fourth-order valence-electron chi connectivity index (χ4n) is 4.02. The largest absolute Gasteiger partial charge is 0.481 e. The number of carboxylic acid groups (broad SMARTS) is 1. The number of aromatic nitrogens is 1. The molecule has 1 aromatic heterocycles. The molecule has 2 aliphatic rings. The highest BCUT2D eigenvalue weighted by atomic mass is 16.4. The fraction of sp³-hybridized carbons (Fsp3) is 0.333. The van der Waals surface area contributed by atoms with Crippen LogP contribution >= 0.6 is 0 Å². The Hall–Kier alpha value is -2.82. The van der Waals surface area contributed by atoms with E-state index in [9.17, 15) is 9.59 Å². The molecule has 5 nitrogen and oxygen atoms in total. The number of H-pyrrole nitrogens is 1. The summed E-state index contributed by atoms with van der Waals surface area (Å²) in [6.07, 6.45) is 7.06. The first-order valence-corrected chi connectivity index (χ1v) is 9.11. The molecule has 2 aromatic rings. The fourth-order valence-corrected chi connectivity index (χ4v) is 4.02. The average molecular weight is 350 g/mol. The predicted molar refractivity (Wildman–Crippen MR) is 101 cm³/mol. The van der Waals surface area contributed by atoms with E-state index in [0.717, 1.165) is 40.9 Å². The number of carbonyl (C=O) groups excluding carboxylic acids is 1. The van der Waals surface area contributed by atoms with Crippen LogP contribution in [0, 0.1) is 6.92 Å². The van der Waals surface area contributed by atoms with E-state index in [4.69, 9.17) is 5.11 Å². The van der Waals surface area contributed by atoms with Crippen molar-refractivity contribution in [2.24, 2.45) is 0 Å². The van der Waals surface area contributed by atoms with Crippen LogP contribution < -0.4 is 5.32 Å². The summed E-state index contributed by atoms with van der Waals surface area (Å²) in [5.74, 6) is -0.919. The van der Waals surface area contributed by atoms with Crippen molar-refractivity contribution in [1.29, 1.82) is 0 Å². The van der Waals surface area contributed by atoms with Gasteiger partial charge in [0.25, 0.3) is 5.91 Å². The Kier molecular flexibility index (Phi) is 4.15. The third-order valence-corrected chi connectivity index (χ3v) is 5.38. The number of fused-ring (bicyclic) bond motifs is 2. The Balaban J connectivity index is 1.72. The number of hydrogen-bond donors (Lipinski definition) is 3. The van der Waals surface area contributed by atoms with Crippen molar-refractivity contribution in [2.45, 2.75) is 45.4 Å². The van der Waals surface area contributed by atoms with Crippen LogP contribution in [0.2, 0.25) is 0 Å². The molecule has 4 rings (SSSR count). The highest BCUT2D eigenvalue weighted by Gasteiger charge is 2.27. The molecule has 0 fully saturated rings. The van der Waals surface area contributed by atoms with Crippen LogP contribution in [0.3, 0.4) is 0 Å². The molecule has 5 heteroatoms. The van der Waals surface area contributed by atoms with Gasteiger partial charge >= 0.3 is 5.97 Å². The summed E-state index contributed by atoms with van der Waals surface area (Å²) < 4.78 is 0. The molecule has 0 saturated carbocycles. The van der Waals surface area contributed by atoms with Gasteiger partial charge in [0.05, 0.1) is 5.57 Å². The molecule has 0 bridgehead atoms. The number of amides is 1. The zero-order valence-corrected chi connectivity index (χ0v) is 14.8. The molecule has 2 heterocycles. The quantitative estimate of drug-likeness (QED) is 0.735. The molecule has 1 amide bonds. The van der Waals surface area contributed by atoms with Gasteiger partial charge in [-0.3, -0.25) is 9.59 Å². The highest BCUT2D eigenvalue weighted by Crippen LogP contribution is 2.37. The van der Waals surface area contributed by atoms with E-state index in [0.29, 0.717) is 12.0 Å². The van der Waals surface area contributed by atoms with Crippen molar-refractivity contribution in [2.75, 3.05) is 5.32 Å². The number of anilines is 1. The number of hydrogen-bond acceptors (Lipinski definition) is 2. The number of nitrogens with one attached hydrogen (secondary N) is 2. The summed E-state index contributed by atoms with van der Waals surface area (Å²) in [5.41, 5.74) is 7.89. The minimum atomic E-state index is -0.813. The monoisotopic (exact) mass is 350 g/mol. The molecule has 26 heavy (non-hydrogen) atoms. The summed E-state index contributed by atoms with van der Waals surface area (Å²) in [6, 6.07) is 5.93. The molecule has 0 atom stereocenters. The van der Waals surface area contributed by atoms with Gasteiger partial charge in [-0.1, -0.05) is 6.07 Å². The number of rotatable bonds is 4. The number of carbonyl (C=O) groups is 2. The number of aliphatic carboxylic acids is 1. The molecule has 1 aromatic carbocycles. The first-order chi connectivity index (χ1) is 12.5. The maximum atomic E-state index is 12.5. The molecule has 0 unspecified atom stereocenters. The lowest BCUT2D eigenvalue weighted by atomic mass is 9.94. The maximum Gasteiger partial charge on any atom is 0.303 e. The summed E-state index contributed by atoms with van der Waals surface area (Å²) in [5, 5.41) is 11.9. The first-order valence-electron chi connectivity index (χ1n) is 9.11. The minimum absolute atomic E-state index is 0.0867.